The second-order valence-corrected chi connectivity index (χ2v) is 6.46. The average Bonchev–Trinajstić information content (AvgIpc) is 2.28. The predicted molar refractivity (Wildman–Crippen MR) is 68.7 cm³/mol. The smallest absolute Gasteiger partial charge is 0.157 e. The van der Waals surface area contributed by atoms with Crippen LogP contribution in [0.3, 0.4) is 0 Å². The Kier molecular flexibility index (Phi) is 6.57. The summed E-state index contributed by atoms with van der Waals surface area (Å²) < 4.78 is 17.0. The van der Waals surface area contributed by atoms with Gasteiger partial charge < -0.3 is 14.2 Å². The lowest BCUT2D eigenvalue weighted by Crippen LogP contribution is -2.38. The highest BCUT2D eigenvalue weighted by Crippen LogP contribution is 2.27. The molecule has 4 heteroatoms. The molecule has 0 amide bonds. The van der Waals surface area contributed by atoms with E-state index in [4.69, 9.17) is 14.2 Å². The van der Waals surface area contributed by atoms with Crippen LogP contribution in [0.5, 0.6) is 0 Å². The van der Waals surface area contributed by atoms with E-state index in [-0.39, 0.29) is 11.5 Å². The van der Waals surface area contributed by atoms with Crippen LogP contribution >= 0.6 is 0 Å². The summed E-state index contributed by atoms with van der Waals surface area (Å²) in [5.41, 5.74) is 0. The van der Waals surface area contributed by atoms with Gasteiger partial charge in [-0.15, -0.1) is 0 Å². The zero-order valence-electron chi connectivity index (χ0n) is 11.0. The maximum Gasteiger partial charge on any atom is 0.157 e. The third kappa shape index (κ3) is 4.95. The Morgan fingerprint density at radius 1 is 1.25 bits per heavy atom. The van der Waals surface area contributed by atoms with Crippen molar-refractivity contribution in [2.75, 3.05) is 19.8 Å². The van der Waals surface area contributed by atoms with Crippen LogP contribution in [0.15, 0.2) is 0 Å². The van der Waals surface area contributed by atoms with Crippen molar-refractivity contribution in [1.82, 2.24) is 0 Å². The molecule has 0 aromatic heterocycles. The zero-order valence-corrected chi connectivity index (χ0v) is 13.0. The molecule has 0 aliphatic carbocycles. The molecule has 1 unspecified atom stereocenters. The highest BCUT2D eigenvalue weighted by molar-refractivity contribution is 6.14. The minimum absolute atomic E-state index is 0.0358. The van der Waals surface area contributed by atoms with Gasteiger partial charge in [-0.2, -0.15) is 0 Å². The summed E-state index contributed by atoms with van der Waals surface area (Å²) >= 11 is 0. The molecule has 16 heavy (non-hydrogen) atoms. The summed E-state index contributed by atoms with van der Waals surface area (Å²) in [6, 6.07) is 0. The first kappa shape index (κ1) is 14.2. The van der Waals surface area contributed by atoms with Crippen molar-refractivity contribution in [3.8, 4) is 0 Å². The molecule has 0 radical (unpaired) electrons. The Labute approximate surface area is 102 Å². The number of hydrogen-bond donors (Lipinski definition) is 0. The molecule has 3 nitrogen and oxygen atoms in total. The lowest BCUT2D eigenvalue weighted by molar-refractivity contribution is -0.148. The third-order valence-electron chi connectivity index (χ3n) is 3.16. The summed E-state index contributed by atoms with van der Waals surface area (Å²) in [6.07, 6.45) is 5.78. The summed E-state index contributed by atoms with van der Waals surface area (Å²) in [5.74, 6) is 0. The summed E-state index contributed by atoms with van der Waals surface area (Å²) in [6.45, 7) is 6.41. The fourth-order valence-electron chi connectivity index (χ4n) is 2.20. The first-order chi connectivity index (χ1) is 7.70. The van der Waals surface area contributed by atoms with E-state index < -0.39 is 0 Å². The molecule has 0 spiro atoms. The second kappa shape index (κ2) is 7.43. The third-order valence-corrected chi connectivity index (χ3v) is 4.45. The maximum absolute atomic E-state index is 5.92. The molecular weight excluding hydrogens is 220 g/mol. The Hall–Kier alpha value is 0.0969. The van der Waals surface area contributed by atoms with E-state index in [2.05, 4.69) is 0 Å². The van der Waals surface area contributed by atoms with Gasteiger partial charge in [0.1, 0.15) is 0 Å². The number of rotatable bonds is 7. The topological polar surface area (TPSA) is 27.7 Å². The quantitative estimate of drug-likeness (QED) is 0.502. The Bertz CT molecular complexity index is 175. The first-order valence-corrected chi connectivity index (χ1v) is 7.57. The van der Waals surface area contributed by atoms with Gasteiger partial charge in [0.05, 0.1) is 0 Å². The van der Waals surface area contributed by atoms with Crippen molar-refractivity contribution in [3.05, 3.63) is 0 Å². The van der Waals surface area contributed by atoms with Crippen molar-refractivity contribution < 1.29 is 14.2 Å². The Morgan fingerprint density at radius 2 is 1.94 bits per heavy atom. The van der Waals surface area contributed by atoms with Gasteiger partial charge in [-0.1, -0.05) is 0 Å². The normalized spacial score (nSPS) is 26.4. The molecule has 1 aliphatic heterocycles. The van der Waals surface area contributed by atoms with Crippen molar-refractivity contribution in [3.63, 3.8) is 0 Å². The van der Waals surface area contributed by atoms with Crippen LogP contribution in [0.4, 0.5) is 0 Å². The van der Waals surface area contributed by atoms with Crippen LogP contribution in [0.2, 0.25) is 0 Å². The lowest BCUT2D eigenvalue weighted by atomic mass is 10.0. The Morgan fingerprint density at radius 3 is 2.44 bits per heavy atom. The fraction of sp³-hybridized carbons (Fsp3) is 1.00. The average molecular weight is 246 g/mol. The minimum Gasteiger partial charge on any atom is -0.380 e. The molecular formula is C12H26O3Si. The maximum atomic E-state index is 5.92. The van der Waals surface area contributed by atoms with Crippen LogP contribution < -0.4 is 0 Å². The van der Waals surface area contributed by atoms with E-state index in [1.54, 1.807) is 0 Å². The molecule has 0 aromatic carbocycles. The molecule has 1 rings (SSSR count). The van der Waals surface area contributed by atoms with Crippen LogP contribution in [0, 0.1) is 0 Å². The molecule has 0 saturated carbocycles. The van der Waals surface area contributed by atoms with E-state index in [0.29, 0.717) is 0 Å². The van der Waals surface area contributed by atoms with Gasteiger partial charge >= 0.3 is 0 Å². The monoisotopic (exact) mass is 246 g/mol. The van der Waals surface area contributed by atoms with E-state index in [1.165, 1.54) is 19.3 Å². The van der Waals surface area contributed by atoms with Crippen molar-refractivity contribution in [2.45, 2.75) is 57.5 Å². The van der Waals surface area contributed by atoms with Gasteiger partial charge in [0.2, 0.25) is 0 Å². The lowest BCUT2D eigenvalue weighted by Gasteiger charge is -2.35. The van der Waals surface area contributed by atoms with Gasteiger partial charge in [-0.25, -0.2) is 0 Å². The molecule has 0 bridgehead atoms. The van der Waals surface area contributed by atoms with E-state index >= 15 is 0 Å². The van der Waals surface area contributed by atoms with Gasteiger partial charge in [-0.05, 0) is 39.5 Å². The van der Waals surface area contributed by atoms with Crippen LogP contribution in [-0.2, 0) is 14.2 Å². The molecule has 1 atom stereocenters. The van der Waals surface area contributed by atoms with Gasteiger partial charge in [0.25, 0.3) is 0 Å². The SMILES string of the molecule is CCOC(CCC1([SiH3])CCCCO1)OCC. The highest BCUT2D eigenvalue weighted by Gasteiger charge is 2.28. The summed E-state index contributed by atoms with van der Waals surface area (Å²) in [7, 11) is 1.11. The summed E-state index contributed by atoms with van der Waals surface area (Å²) in [4.78, 5) is 0. The molecule has 1 heterocycles. The zero-order chi connectivity index (χ0) is 11.9. The molecule has 1 fully saturated rings. The molecule has 96 valence electrons. The highest BCUT2D eigenvalue weighted by atomic mass is 28.1. The number of hydrogen-bond acceptors (Lipinski definition) is 3. The van der Waals surface area contributed by atoms with Gasteiger partial charge in [0, 0.05) is 41.7 Å². The first-order valence-electron chi connectivity index (χ1n) is 6.57. The van der Waals surface area contributed by atoms with E-state index in [0.717, 1.165) is 42.9 Å². The summed E-state index contributed by atoms with van der Waals surface area (Å²) in [5, 5.41) is 0.185. The number of ether oxygens (including phenoxy) is 3. The second-order valence-electron chi connectivity index (χ2n) is 4.63. The molecule has 1 aliphatic rings. The van der Waals surface area contributed by atoms with Gasteiger partial charge in [0.15, 0.2) is 6.29 Å². The van der Waals surface area contributed by atoms with E-state index in [9.17, 15) is 0 Å². The largest absolute Gasteiger partial charge is 0.380 e. The van der Waals surface area contributed by atoms with Crippen LogP contribution in [0.1, 0.15) is 46.0 Å². The standard InChI is InChI=1S/C12H26O3Si/c1-3-13-11(14-4-2)7-9-12(16)8-5-6-10-15-12/h11H,3-10H2,1-2,16H3. The fourth-order valence-corrected chi connectivity index (χ4v) is 3.05. The molecule has 1 saturated heterocycles. The van der Waals surface area contributed by atoms with Crippen LogP contribution in [-0.4, -0.2) is 41.6 Å². The van der Waals surface area contributed by atoms with E-state index in [1.807, 2.05) is 13.8 Å². The van der Waals surface area contributed by atoms with Crippen molar-refractivity contribution in [2.24, 2.45) is 0 Å². The Balaban J connectivity index is 2.28. The molecule has 0 aromatic rings. The molecule has 0 N–H and O–H groups in total. The van der Waals surface area contributed by atoms with Crippen LogP contribution in [0.25, 0.3) is 0 Å². The minimum atomic E-state index is -0.0358. The predicted octanol–water partition coefficient (Wildman–Crippen LogP) is 1.43. The van der Waals surface area contributed by atoms with Crippen molar-refractivity contribution in [1.29, 1.82) is 0 Å². The van der Waals surface area contributed by atoms with Crippen molar-refractivity contribution >= 4 is 10.2 Å². The van der Waals surface area contributed by atoms with Gasteiger partial charge in [-0.3, -0.25) is 0 Å².